The highest BCUT2D eigenvalue weighted by Gasteiger charge is 2.18. The van der Waals surface area contributed by atoms with Gasteiger partial charge in [-0.1, -0.05) is 30.3 Å². The Hall–Kier alpha value is -3.94. The van der Waals surface area contributed by atoms with Gasteiger partial charge in [0.2, 0.25) is 0 Å². The molecule has 0 fully saturated rings. The number of hydrazone groups is 1. The third kappa shape index (κ3) is 3.90. The Morgan fingerprint density at radius 2 is 2.04 bits per heavy atom. The maximum atomic E-state index is 11.8. The number of nitro groups is 1. The number of phenols is 1. The molecule has 28 heavy (non-hydrogen) atoms. The zero-order valence-corrected chi connectivity index (χ0v) is 15.0. The number of anilines is 1. The molecule has 0 aliphatic heterocycles. The summed E-state index contributed by atoms with van der Waals surface area (Å²) < 4.78 is 4.86. The van der Waals surface area contributed by atoms with Gasteiger partial charge in [0.1, 0.15) is 11.4 Å². The maximum Gasteiger partial charge on any atom is 0.338 e. The summed E-state index contributed by atoms with van der Waals surface area (Å²) in [6.07, 6.45) is 1.39. The number of carbonyl (C=O) groups is 1. The van der Waals surface area contributed by atoms with E-state index in [1.54, 1.807) is 19.1 Å². The van der Waals surface area contributed by atoms with Crippen molar-refractivity contribution in [2.45, 2.75) is 6.92 Å². The van der Waals surface area contributed by atoms with Crippen LogP contribution in [0.1, 0.15) is 22.8 Å². The molecule has 0 unspecified atom stereocenters. The van der Waals surface area contributed by atoms with E-state index in [1.807, 2.05) is 24.3 Å². The molecule has 0 aromatic heterocycles. The van der Waals surface area contributed by atoms with E-state index in [4.69, 9.17) is 4.74 Å². The third-order valence-corrected chi connectivity index (χ3v) is 4.03. The molecule has 2 N–H and O–H groups in total. The normalized spacial score (nSPS) is 10.9. The number of hydrogen-bond acceptors (Lipinski definition) is 7. The van der Waals surface area contributed by atoms with Gasteiger partial charge in [-0.25, -0.2) is 4.79 Å². The highest BCUT2D eigenvalue weighted by Crippen LogP contribution is 2.27. The van der Waals surface area contributed by atoms with Crippen molar-refractivity contribution in [3.8, 4) is 5.75 Å². The standard InChI is InChI=1S/C20H17N3O5/c1-2-28-20(25)14-7-9-17(18(11-14)23(26)27)22-21-12-16-15-6-4-3-5-13(15)8-10-19(16)24/h3-12,22,24H,2H2,1H3/b21-12+. The fourth-order valence-corrected chi connectivity index (χ4v) is 2.70. The Labute approximate surface area is 160 Å². The first-order chi connectivity index (χ1) is 13.5. The predicted octanol–water partition coefficient (Wildman–Crippen LogP) is 4.08. The second-order valence-corrected chi connectivity index (χ2v) is 5.80. The van der Waals surface area contributed by atoms with E-state index in [-0.39, 0.29) is 29.3 Å². The summed E-state index contributed by atoms with van der Waals surface area (Å²) in [6.45, 7) is 1.82. The molecule has 3 rings (SSSR count). The molecule has 3 aromatic carbocycles. The SMILES string of the molecule is CCOC(=O)c1ccc(N/N=C/c2c(O)ccc3ccccc23)c([N+](=O)[O-])c1. The number of rotatable bonds is 6. The minimum absolute atomic E-state index is 0.0383. The Bertz CT molecular complexity index is 1080. The summed E-state index contributed by atoms with van der Waals surface area (Å²) in [5.41, 5.74) is 2.95. The fraction of sp³-hybridized carbons (Fsp3) is 0.100. The summed E-state index contributed by atoms with van der Waals surface area (Å²) in [4.78, 5) is 22.5. The fourth-order valence-electron chi connectivity index (χ4n) is 2.70. The molecule has 142 valence electrons. The molecule has 0 atom stereocenters. The monoisotopic (exact) mass is 379 g/mol. The first kappa shape index (κ1) is 18.8. The number of carbonyl (C=O) groups excluding carboxylic acids is 1. The molecule has 8 heteroatoms. The van der Waals surface area contributed by atoms with Gasteiger partial charge in [0.25, 0.3) is 5.69 Å². The molecule has 0 saturated heterocycles. The molecule has 0 heterocycles. The van der Waals surface area contributed by atoms with Gasteiger partial charge in [-0.15, -0.1) is 0 Å². The smallest absolute Gasteiger partial charge is 0.338 e. The molecule has 0 bridgehead atoms. The van der Waals surface area contributed by atoms with Crippen LogP contribution in [0.25, 0.3) is 10.8 Å². The Morgan fingerprint density at radius 3 is 2.79 bits per heavy atom. The first-order valence-electron chi connectivity index (χ1n) is 8.46. The van der Waals surface area contributed by atoms with E-state index in [2.05, 4.69) is 10.5 Å². The van der Waals surface area contributed by atoms with E-state index in [9.17, 15) is 20.0 Å². The number of aromatic hydroxyl groups is 1. The zero-order chi connectivity index (χ0) is 20.1. The van der Waals surface area contributed by atoms with Gasteiger partial charge in [-0.2, -0.15) is 5.10 Å². The average Bonchev–Trinajstić information content (AvgIpc) is 2.69. The largest absolute Gasteiger partial charge is 0.507 e. The highest BCUT2D eigenvalue weighted by atomic mass is 16.6. The van der Waals surface area contributed by atoms with Gasteiger partial charge in [0, 0.05) is 11.6 Å². The number of phenolic OH excluding ortho intramolecular Hbond substituents is 1. The van der Waals surface area contributed by atoms with Gasteiger partial charge in [-0.05, 0) is 35.9 Å². The van der Waals surface area contributed by atoms with E-state index in [1.165, 1.54) is 18.3 Å². The van der Waals surface area contributed by atoms with Gasteiger partial charge >= 0.3 is 5.97 Å². The first-order valence-corrected chi connectivity index (χ1v) is 8.46. The maximum absolute atomic E-state index is 11.8. The van der Waals surface area contributed by atoms with Gasteiger partial charge in [0.15, 0.2) is 0 Å². The lowest BCUT2D eigenvalue weighted by molar-refractivity contribution is -0.384. The van der Waals surface area contributed by atoms with Crippen molar-refractivity contribution in [1.29, 1.82) is 0 Å². The van der Waals surface area contributed by atoms with E-state index >= 15 is 0 Å². The molecule has 0 amide bonds. The van der Waals surface area contributed by atoms with Crippen molar-refractivity contribution in [2.75, 3.05) is 12.0 Å². The van der Waals surface area contributed by atoms with E-state index in [0.29, 0.717) is 5.56 Å². The predicted molar refractivity (Wildman–Crippen MR) is 106 cm³/mol. The minimum Gasteiger partial charge on any atom is -0.507 e. The summed E-state index contributed by atoms with van der Waals surface area (Å²) in [7, 11) is 0. The Balaban J connectivity index is 1.90. The molecule has 0 spiro atoms. The number of nitrogens with zero attached hydrogens (tertiary/aromatic N) is 2. The van der Waals surface area contributed by atoms with Crippen molar-refractivity contribution in [3.05, 3.63) is 75.8 Å². The van der Waals surface area contributed by atoms with Crippen LogP contribution in [0, 0.1) is 10.1 Å². The highest BCUT2D eigenvalue weighted by molar-refractivity contribution is 6.02. The third-order valence-electron chi connectivity index (χ3n) is 4.03. The van der Waals surface area contributed by atoms with Crippen molar-refractivity contribution in [2.24, 2.45) is 5.10 Å². The summed E-state index contributed by atoms with van der Waals surface area (Å²) in [5.74, 6) is -0.599. The van der Waals surface area contributed by atoms with Crippen LogP contribution in [0.15, 0.2) is 59.7 Å². The molecule has 0 aliphatic carbocycles. The molecular weight excluding hydrogens is 362 g/mol. The van der Waals surface area contributed by atoms with Crippen LogP contribution in [0.4, 0.5) is 11.4 Å². The van der Waals surface area contributed by atoms with Crippen molar-refractivity contribution in [1.82, 2.24) is 0 Å². The summed E-state index contributed by atoms with van der Waals surface area (Å²) in [6, 6.07) is 14.7. The molecule has 3 aromatic rings. The van der Waals surface area contributed by atoms with Crippen LogP contribution < -0.4 is 5.43 Å². The summed E-state index contributed by atoms with van der Waals surface area (Å²) >= 11 is 0. The number of benzene rings is 3. The van der Waals surface area contributed by atoms with Gasteiger partial charge < -0.3 is 9.84 Å². The summed E-state index contributed by atoms with van der Waals surface area (Å²) in [5, 5.41) is 27.2. The second-order valence-electron chi connectivity index (χ2n) is 5.80. The van der Waals surface area contributed by atoms with Gasteiger partial charge in [0.05, 0.1) is 23.3 Å². The van der Waals surface area contributed by atoms with E-state index < -0.39 is 10.9 Å². The molecule has 0 radical (unpaired) electrons. The van der Waals surface area contributed by atoms with Crippen LogP contribution in [0.2, 0.25) is 0 Å². The van der Waals surface area contributed by atoms with Crippen LogP contribution in [-0.2, 0) is 4.74 Å². The quantitative estimate of drug-likeness (QED) is 0.289. The average molecular weight is 379 g/mol. The number of ether oxygens (including phenoxy) is 1. The Morgan fingerprint density at radius 1 is 1.25 bits per heavy atom. The lowest BCUT2D eigenvalue weighted by Gasteiger charge is -2.06. The number of esters is 1. The molecule has 0 aliphatic rings. The second kappa shape index (κ2) is 8.17. The van der Waals surface area contributed by atoms with E-state index in [0.717, 1.165) is 16.8 Å². The molecule has 0 saturated carbocycles. The minimum atomic E-state index is -0.638. The molecule has 8 nitrogen and oxygen atoms in total. The topological polar surface area (TPSA) is 114 Å². The van der Waals surface area contributed by atoms with Crippen molar-refractivity contribution in [3.63, 3.8) is 0 Å². The van der Waals surface area contributed by atoms with Crippen LogP contribution in [0.3, 0.4) is 0 Å². The number of hydrogen-bond donors (Lipinski definition) is 2. The van der Waals surface area contributed by atoms with Gasteiger partial charge in [-0.3, -0.25) is 15.5 Å². The number of fused-ring (bicyclic) bond motifs is 1. The lowest BCUT2D eigenvalue weighted by Crippen LogP contribution is -2.06. The number of nitro benzene ring substituents is 1. The van der Waals surface area contributed by atoms with Crippen molar-refractivity contribution < 1.29 is 19.6 Å². The Kier molecular flexibility index (Phi) is 5.50. The lowest BCUT2D eigenvalue weighted by atomic mass is 10.0. The van der Waals surface area contributed by atoms with Crippen LogP contribution in [0.5, 0.6) is 5.75 Å². The molecular formula is C20H17N3O5. The van der Waals surface area contributed by atoms with Crippen LogP contribution in [-0.4, -0.2) is 28.8 Å². The van der Waals surface area contributed by atoms with Crippen LogP contribution >= 0.6 is 0 Å². The zero-order valence-electron chi connectivity index (χ0n) is 15.0. The van der Waals surface area contributed by atoms with Crippen molar-refractivity contribution >= 4 is 34.3 Å². The number of nitrogens with one attached hydrogen (secondary N) is 1.